The maximum Gasteiger partial charge on any atom is 0.335 e. The van der Waals surface area contributed by atoms with E-state index >= 15 is 0 Å². The highest BCUT2D eigenvalue weighted by Gasteiger charge is 2.38. The highest BCUT2D eigenvalue weighted by Crippen LogP contribution is 2.40. The summed E-state index contributed by atoms with van der Waals surface area (Å²) in [6.07, 6.45) is 4.47. The molecule has 0 saturated heterocycles. The van der Waals surface area contributed by atoms with Gasteiger partial charge in [0.25, 0.3) is 0 Å². The van der Waals surface area contributed by atoms with Crippen LogP contribution in [-0.4, -0.2) is 24.7 Å². The average Bonchev–Trinajstić information content (AvgIpc) is 3.04. The second-order valence-electron chi connectivity index (χ2n) is 7.29. The van der Waals surface area contributed by atoms with Crippen molar-refractivity contribution in [3.63, 3.8) is 0 Å². The van der Waals surface area contributed by atoms with Gasteiger partial charge in [-0.2, -0.15) is 15.8 Å². The van der Waals surface area contributed by atoms with Crippen molar-refractivity contribution in [2.75, 3.05) is 18.0 Å². The van der Waals surface area contributed by atoms with E-state index in [0.29, 0.717) is 16.9 Å². The Labute approximate surface area is 188 Å². The summed E-state index contributed by atoms with van der Waals surface area (Å²) in [5.74, 6) is -0.273. The fraction of sp³-hybridized carbons (Fsp3) is 0.280. The van der Waals surface area contributed by atoms with Crippen molar-refractivity contribution < 1.29 is 14.3 Å². The molecule has 7 nitrogen and oxygen atoms in total. The van der Waals surface area contributed by atoms with E-state index in [1.54, 1.807) is 44.2 Å². The minimum atomic E-state index is -0.936. The van der Waals surface area contributed by atoms with E-state index in [0.717, 1.165) is 24.9 Å². The Morgan fingerprint density at radius 3 is 2.38 bits per heavy atom. The molecule has 0 N–H and O–H groups in total. The molecule has 162 valence electrons. The number of nitrogens with zero attached hydrogens (tertiary/aromatic N) is 4. The van der Waals surface area contributed by atoms with E-state index in [1.165, 1.54) is 0 Å². The number of hydrogen-bond donors (Lipinski definition) is 0. The van der Waals surface area contributed by atoms with Gasteiger partial charge in [0.1, 0.15) is 35.1 Å². The number of ether oxygens (including phenoxy) is 2. The minimum Gasteiger partial charge on any atom is -0.480 e. The number of carbonyl (C=O) groups excluding carboxylic acids is 1. The molecular weight excluding hydrogens is 404 g/mol. The second kappa shape index (κ2) is 10.2. The topological polar surface area (TPSA) is 110 Å². The Morgan fingerprint density at radius 1 is 1.19 bits per heavy atom. The number of benzene rings is 1. The second-order valence-corrected chi connectivity index (χ2v) is 7.29. The first-order valence-corrected chi connectivity index (χ1v) is 10.1. The summed E-state index contributed by atoms with van der Waals surface area (Å²) in [7, 11) is 0. The normalized spacial score (nSPS) is 14.2. The summed E-state index contributed by atoms with van der Waals surface area (Å²) < 4.78 is 11.2. The van der Waals surface area contributed by atoms with Crippen molar-refractivity contribution in [1.29, 1.82) is 15.8 Å². The molecule has 1 heterocycles. The van der Waals surface area contributed by atoms with Crippen molar-refractivity contribution in [2.24, 2.45) is 0 Å². The Morgan fingerprint density at radius 2 is 1.84 bits per heavy atom. The molecule has 0 aromatic heterocycles. The van der Waals surface area contributed by atoms with Crippen LogP contribution in [0.25, 0.3) is 6.08 Å². The molecule has 0 atom stereocenters. The van der Waals surface area contributed by atoms with Gasteiger partial charge in [-0.05, 0) is 39.8 Å². The molecule has 0 bridgehead atoms. The first kappa shape index (κ1) is 24.0. The van der Waals surface area contributed by atoms with Gasteiger partial charge in [-0.25, -0.2) is 4.79 Å². The summed E-state index contributed by atoms with van der Waals surface area (Å²) in [6, 6.07) is 11.1. The van der Waals surface area contributed by atoms with Gasteiger partial charge in [0.05, 0.1) is 0 Å². The smallest absolute Gasteiger partial charge is 0.335 e. The lowest BCUT2D eigenvalue weighted by Gasteiger charge is -2.22. The molecule has 0 spiro atoms. The zero-order valence-corrected chi connectivity index (χ0v) is 18.6. The lowest BCUT2D eigenvalue weighted by Crippen LogP contribution is -2.22. The van der Waals surface area contributed by atoms with E-state index in [-0.39, 0.29) is 16.9 Å². The third-order valence-electron chi connectivity index (χ3n) is 5.00. The fourth-order valence-corrected chi connectivity index (χ4v) is 3.34. The third-order valence-corrected chi connectivity index (χ3v) is 5.00. The first-order valence-electron chi connectivity index (χ1n) is 10.1. The van der Waals surface area contributed by atoms with Crippen LogP contribution in [0.3, 0.4) is 0 Å². The number of carbonyl (C=O) groups is 1. The zero-order chi connectivity index (χ0) is 23.9. The van der Waals surface area contributed by atoms with Crippen LogP contribution in [0.4, 0.5) is 5.69 Å². The maximum atomic E-state index is 11.9. The Balaban J connectivity index is 2.61. The van der Waals surface area contributed by atoms with Crippen LogP contribution < -0.4 is 9.64 Å². The van der Waals surface area contributed by atoms with Gasteiger partial charge >= 0.3 is 5.97 Å². The summed E-state index contributed by atoms with van der Waals surface area (Å²) in [5.41, 5.74) is 0.936. The largest absolute Gasteiger partial charge is 0.480 e. The van der Waals surface area contributed by atoms with Crippen LogP contribution in [0.1, 0.15) is 33.3 Å². The minimum absolute atomic E-state index is 0.0302. The number of nitriles is 3. The van der Waals surface area contributed by atoms with Gasteiger partial charge < -0.3 is 14.4 Å². The van der Waals surface area contributed by atoms with Gasteiger partial charge in [-0.1, -0.05) is 18.7 Å². The Hall–Kier alpha value is -4.28. The van der Waals surface area contributed by atoms with Crippen LogP contribution in [-0.2, 0) is 9.53 Å². The molecule has 0 amide bonds. The molecule has 0 fully saturated rings. The molecule has 0 radical (unpaired) electrons. The van der Waals surface area contributed by atoms with Crippen molar-refractivity contribution in [3.8, 4) is 24.0 Å². The summed E-state index contributed by atoms with van der Waals surface area (Å²) in [6.45, 7) is 12.6. The first-order chi connectivity index (χ1) is 15.3. The summed E-state index contributed by atoms with van der Waals surface area (Å²) in [4.78, 5) is 14.0. The van der Waals surface area contributed by atoms with Crippen molar-refractivity contribution in [2.45, 2.75) is 33.3 Å². The molecule has 7 heteroatoms. The number of allylic oxidation sites excluding steroid dienone is 2. The molecule has 0 saturated carbocycles. The van der Waals surface area contributed by atoms with E-state index in [9.17, 15) is 20.6 Å². The molecule has 0 aliphatic carbocycles. The van der Waals surface area contributed by atoms with E-state index in [1.807, 2.05) is 32.0 Å². The Kier molecular flexibility index (Phi) is 7.61. The number of hydrogen-bond acceptors (Lipinski definition) is 7. The van der Waals surface area contributed by atoms with Crippen LogP contribution in [0.2, 0.25) is 0 Å². The van der Waals surface area contributed by atoms with Gasteiger partial charge in [-0.3, -0.25) is 0 Å². The standard InChI is InChI=1S/C25H24N4O3/c1-6-23(30)31-22-13-19(29(7-2)8-3)11-9-17(22)10-12-21-20(16-28)24(18(14-26)15-27)32-25(21,4)5/h6,9-13H,1,7-8H2,2-5H3/b12-10+. The lowest BCUT2D eigenvalue weighted by molar-refractivity contribution is -0.128. The van der Waals surface area contributed by atoms with Crippen LogP contribution >= 0.6 is 0 Å². The number of esters is 1. The molecule has 1 aromatic carbocycles. The molecule has 2 rings (SSSR count). The van der Waals surface area contributed by atoms with Crippen LogP contribution in [0.5, 0.6) is 5.75 Å². The van der Waals surface area contributed by atoms with Crippen molar-refractivity contribution >= 4 is 17.7 Å². The molecule has 1 aliphatic rings. The molecule has 32 heavy (non-hydrogen) atoms. The summed E-state index contributed by atoms with van der Waals surface area (Å²) in [5, 5.41) is 28.1. The summed E-state index contributed by atoms with van der Waals surface area (Å²) >= 11 is 0. The van der Waals surface area contributed by atoms with Gasteiger partial charge in [-0.15, -0.1) is 0 Å². The molecule has 1 aromatic rings. The lowest BCUT2D eigenvalue weighted by atomic mass is 9.94. The van der Waals surface area contributed by atoms with Crippen molar-refractivity contribution in [3.05, 3.63) is 65.0 Å². The average molecular weight is 428 g/mol. The van der Waals surface area contributed by atoms with Gasteiger partial charge in [0, 0.05) is 42.1 Å². The zero-order valence-electron chi connectivity index (χ0n) is 18.6. The molecule has 0 unspecified atom stereocenters. The highest BCUT2D eigenvalue weighted by molar-refractivity contribution is 5.84. The predicted octanol–water partition coefficient (Wildman–Crippen LogP) is 4.57. The quantitative estimate of drug-likeness (QED) is 0.271. The number of rotatable bonds is 7. The maximum absolute atomic E-state index is 11.9. The van der Waals surface area contributed by atoms with E-state index in [4.69, 9.17) is 9.47 Å². The monoisotopic (exact) mass is 428 g/mol. The Bertz CT molecular complexity index is 1130. The van der Waals surface area contributed by atoms with Gasteiger partial charge in [0.15, 0.2) is 11.3 Å². The predicted molar refractivity (Wildman–Crippen MR) is 121 cm³/mol. The third kappa shape index (κ3) is 4.89. The van der Waals surface area contributed by atoms with Crippen molar-refractivity contribution in [1.82, 2.24) is 0 Å². The van der Waals surface area contributed by atoms with Gasteiger partial charge in [0.2, 0.25) is 0 Å². The molecule has 1 aliphatic heterocycles. The highest BCUT2D eigenvalue weighted by atomic mass is 16.5. The van der Waals surface area contributed by atoms with E-state index in [2.05, 4.69) is 11.5 Å². The SMILES string of the molecule is C=CC(=O)Oc1cc(N(CC)CC)ccc1/C=C/C1=C(C#N)C(=C(C#N)C#N)OC1(C)C. The number of anilines is 1. The van der Waals surface area contributed by atoms with E-state index < -0.39 is 11.6 Å². The fourth-order valence-electron chi connectivity index (χ4n) is 3.34. The molecular formula is C25H24N4O3. The van der Waals surface area contributed by atoms with Crippen LogP contribution in [0.15, 0.2) is 59.4 Å². The van der Waals surface area contributed by atoms with Crippen LogP contribution in [0, 0.1) is 34.0 Å².